The van der Waals surface area contributed by atoms with Crippen LogP contribution in [0.3, 0.4) is 0 Å². The molecule has 0 heterocycles. The van der Waals surface area contributed by atoms with Crippen LogP contribution >= 0.6 is 0 Å². The fourth-order valence-electron chi connectivity index (χ4n) is 3.36. The van der Waals surface area contributed by atoms with Crippen molar-refractivity contribution in [2.45, 2.75) is 78.4 Å². The Morgan fingerprint density at radius 1 is 1.22 bits per heavy atom. The molecule has 2 nitrogen and oxygen atoms in total. The molecule has 0 spiro atoms. The highest BCUT2D eigenvalue weighted by Gasteiger charge is 2.39. The van der Waals surface area contributed by atoms with E-state index in [-0.39, 0.29) is 6.10 Å². The molecular formula is C16H33NO. The quantitative estimate of drug-likeness (QED) is 0.782. The fraction of sp³-hybridized carbons (Fsp3) is 1.00. The summed E-state index contributed by atoms with van der Waals surface area (Å²) in [6.07, 6.45) is 6.81. The maximum absolute atomic E-state index is 9.98. The van der Waals surface area contributed by atoms with Crippen molar-refractivity contribution in [2.75, 3.05) is 13.6 Å². The average molecular weight is 255 g/mol. The Morgan fingerprint density at radius 2 is 1.89 bits per heavy atom. The standard InChI is InChI=1S/C16H33NO/c1-6-8-11-17(5)15-12-13(18)9-10-14(15)16(3,4)7-2/h13-15,18H,6-12H2,1-5H3. The molecular weight excluding hydrogens is 222 g/mol. The van der Waals surface area contributed by atoms with Gasteiger partial charge in [-0.15, -0.1) is 0 Å². The first kappa shape index (κ1) is 16.0. The molecule has 1 aliphatic rings. The summed E-state index contributed by atoms with van der Waals surface area (Å²) in [5, 5.41) is 9.98. The molecule has 0 saturated heterocycles. The minimum absolute atomic E-state index is 0.0806. The second kappa shape index (κ2) is 6.91. The molecule has 0 aromatic heterocycles. The third-order valence-electron chi connectivity index (χ3n) is 5.13. The topological polar surface area (TPSA) is 23.5 Å². The second-order valence-corrected chi connectivity index (χ2v) is 6.82. The van der Waals surface area contributed by atoms with Gasteiger partial charge in [0, 0.05) is 6.04 Å². The number of unbranched alkanes of at least 4 members (excludes halogenated alkanes) is 1. The van der Waals surface area contributed by atoms with Gasteiger partial charge in [0.2, 0.25) is 0 Å². The van der Waals surface area contributed by atoms with Crippen LogP contribution in [0.2, 0.25) is 0 Å². The lowest BCUT2D eigenvalue weighted by Gasteiger charge is -2.47. The van der Waals surface area contributed by atoms with Crippen LogP contribution in [-0.4, -0.2) is 35.7 Å². The van der Waals surface area contributed by atoms with E-state index >= 15 is 0 Å². The van der Waals surface area contributed by atoms with Gasteiger partial charge in [0.15, 0.2) is 0 Å². The van der Waals surface area contributed by atoms with Crippen molar-refractivity contribution in [1.29, 1.82) is 0 Å². The summed E-state index contributed by atoms with van der Waals surface area (Å²) in [4.78, 5) is 2.51. The molecule has 0 radical (unpaired) electrons. The number of aliphatic hydroxyl groups excluding tert-OH is 1. The summed E-state index contributed by atoms with van der Waals surface area (Å²) < 4.78 is 0. The number of hydrogen-bond donors (Lipinski definition) is 1. The Balaban J connectivity index is 2.73. The SMILES string of the molecule is CCCCN(C)C1CC(O)CCC1C(C)(C)CC. The normalized spacial score (nSPS) is 29.8. The van der Waals surface area contributed by atoms with Crippen molar-refractivity contribution in [3.8, 4) is 0 Å². The van der Waals surface area contributed by atoms with Crippen LogP contribution in [-0.2, 0) is 0 Å². The van der Waals surface area contributed by atoms with Crippen molar-refractivity contribution in [3.63, 3.8) is 0 Å². The van der Waals surface area contributed by atoms with Gasteiger partial charge < -0.3 is 10.0 Å². The molecule has 108 valence electrons. The van der Waals surface area contributed by atoms with Gasteiger partial charge >= 0.3 is 0 Å². The Kier molecular flexibility index (Phi) is 6.13. The molecule has 0 aromatic carbocycles. The Bertz CT molecular complexity index is 239. The van der Waals surface area contributed by atoms with Crippen molar-refractivity contribution < 1.29 is 5.11 Å². The summed E-state index contributed by atoms with van der Waals surface area (Å²) in [7, 11) is 2.25. The predicted octanol–water partition coefficient (Wildman–Crippen LogP) is 3.68. The number of rotatable bonds is 6. The van der Waals surface area contributed by atoms with Gasteiger partial charge in [-0.05, 0) is 50.6 Å². The van der Waals surface area contributed by atoms with Gasteiger partial charge in [-0.25, -0.2) is 0 Å². The zero-order valence-corrected chi connectivity index (χ0v) is 13.1. The third-order valence-corrected chi connectivity index (χ3v) is 5.13. The van der Waals surface area contributed by atoms with Crippen molar-refractivity contribution >= 4 is 0 Å². The zero-order chi connectivity index (χ0) is 13.8. The van der Waals surface area contributed by atoms with Crippen LogP contribution < -0.4 is 0 Å². The minimum atomic E-state index is -0.0806. The Hall–Kier alpha value is -0.0800. The lowest BCUT2D eigenvalue weighted by atomic mass is 9.66. The first-order valence-electron chi connectivity index (χ1n) is 7.80. The molecule has 3 atom stereocenters. The van der Waals surface area contributed by atoms with Crippen LogP contribution in [0.1, 0.15) is 66.2 Å². The van der Waals surface area contributed by atoms with E-state index in [0.29, 0.717) is 11.5 Å². The second-order valence-electron chi connectivity index (χ2n) is 6.82. The number of nitrogens with zero attached hydrogens (tertiary/aromatic N) is 1. The van der Waals surface area contributed by atoms with Crippen LogP contribution in [0.25, 0.3) is 0 Å². The van der Waals surface area contributed by atoms with E-state index in [2.05, 4.69) is 39.6 Å². The Labute approximate surface area is 114 Å². The van der Waals surface area contributed by atoms with Crippen LogP contribution in [0.5, 0.6) is 0 Å². The lowest BCUT2D eigenvalue weighted by molar-refractivity contribution is -0.00945. The first-order chi connectivity index (χ1) is 8.42. The summed E-state index contributed by atoms with van der Waals surface area (Å²) in [6.45, 7) is 10.5. The van der Waals surface area contributed by atoms with E-state index in [4.69, 9.17) is 0 Å². The highest BCUT2D eigenvalue weighted by atomic mass is 16.3. The molecule has 3 unspecified atom stereocenters. The van der Waals surface area contributed by atoms with Gasteiger partial charge in [-0.1, -0.05) is 40.5 Å². The number of aliphatic hydroxyl groups is 1. The lowest BCUT2D eigenvalue weighted by Crippen LogP contribution is -2.49. The van der Waals surface area contributed by atoms with Gasteiger partial charge in [-0.2, -0.15) is 0 Å². The molecule has 0 amide bonds. The summed E-state index contributed by atoms with van der Waals surface area (Å²) in [6, 6.07) is 0.565. The summed E-state index contributed by atoms with van der Waals surface area (Å²) in [5.74, 6) is 0.729. The molecule has 1 saturated carbocycles. The monoisotopic (exact) mass is 255 g/mol. The molecule has 1 aliphatic carbocycles. The van der Waals surface area contributed by atoms with Crippen LogP contribution in [0.15, 0.2) is 0 Å². The van der Waals surface area contributed by atoms with Gasteiger partial charge in [-0.3, -0.25) is 0 Å². The van der Waals surface area contributed by atoms with E-state index in [1.54, 1.807) is 0 Å². The van der Waals surface area contributed by atoms with E-state index in [0.717, 1.165) is 18.8 Å². The van der Waals surface area contributed by atoms with E-state index in [1.165, 1.54) is 32.2 Å². The average Bonchev–Trinajstić information content (AvgIpc) is 2.35. The molecule has 18 heavy (non-hydrogen) atoms. The smallest absolute Gasteiger partial charge is 0.0555 e. The van der Waals surface area contributed by atoms with E-state index in [1.807, 2.05) is 0 Å². The van der Waals surface area contributed by atoms with Crippen molar-refractivity contribution in [2.24, 2.45) is 11.3 Å². The van der Waals surface area contributed by atoms with Gasteiger partial charge in [0.25, 0.3) is 0 Å². The molecule has 0 aliphatic heterocycles. The minimum Gasteiger partial charge on any atom is -0.393 e. The van der Waals surface area contributed by atoms with Gasteiger partial charge in [0.1, 0.15) is 0 Å². The first-order valence-corrected chi connectivity index (χ1v) is 7.80. The van der Waals surface area contributed by atoms with Crippen molar-refractivity contribution in [3.05, 3.63) is 0 Å². The number of hydrogen-bond acceptors (Lipinski definition) is 2. The molecule has 0 bridgehead atoms. The van der Waals surface area contributed by atoms with Crippen LogP contribution in [0.4, 0.5) is 0 Å². The molecule has 1 N–H and O–H groups in total. The maximum Gasteiger partial charge on any atom is 0.0555 e. The summed E-state index contributed by atoms with van der Waals surface area (Å²) in [5.41, 5.74) is 0.394. The van der Waals surface area contributed by atoms with E-state index in [9.17, 15) is 5.11 Å². The predicted molar refractivity (Wildman–Crippen MR) is 78.7 cm³/mol. The Morgan fingerprint density at radius 3 is 2.44 bits per heavy atom. The van der Waals surface area contributed by atoms with E-state index < -0.39 is 0 Å². The fourth-order valence-corrected chi connectivity index (χ4v) is 3.36. The van der Waals surface area contributed by atoms with Gasteiger partial charge in [0.05, 0.1) is 6.10 Å². The summed E-state index contributed by atoms with van der Waals surface area (Å²) >= 11 is 0. The highest BCUT2D eigenvalue weighted by Crippen LogP contribution is 2.42. The molecule has 0 aromatic rings. The zero-order valence-electron chi connectivity index (χ0n) is 13.1. The largest absolute Gasteiger partial charge is 0.393 e. The molecule has 2 heteroatoms. The maximum atomic E-state index is 9.98. The van der Waals surface area contributed by atoms with Crippen LogP contribution in [0, 0.1) is 11.3 Å². The highest BCUT2D eigenvalue weighted by molar-refractivity contribution is 4.92. The molecule has 1 fully saturated rings. The molecule has 1 rings (SSSR count). The third kappa shape index (κ3) is 3.96. The van der Waals surface area contributed by atoms with Crippen molar-refractivity contribution in [1.82, 2.24) is 4.90 Å².